The quantitative estimate of drug-likeness (QED) is 0.319. The first-order valence-corrected chi connectivity index (χ1v) is 8.92. The highest BCUT2D eigenvalue weighted by atomic mass is 19.4. The van der Waals surface area contributed by atoms with Gasteiger partial charge < -0.3 is 10.6 Å². The number of aromatic nitrogens is 4. The number of aromatic amines is 1. The summed E-state index contributed by atoms with van der Waals surface area (Å²) in [6.07, 6.45) is -2.00. The molecule has 0 aliphatic heterocycles. The number of nitrogens with one attached hydrogen (secondary N) is 3. The van der Waals surface area contributed by atoms with Gasteiger partial charge in [-0.05, 0) is 42.8 Å². The minimum atomic E-state index is -4.68. The summed E-state index contributed by atoms with van der Waals surface area (Å²) in [5, 5.41) is 12.8. The van der Waals surface area contributed by atoms with Gasteiger partial charge in [0.25, 0.3) is 5.91 Å². The van der Waals surface area contributed by atoms with Crippen molar-refractivity contribution in [1.82, 2.24) is 20.2 Å². The third kappa shape index (κ3) is 4.29. The number of carbonyl (C=O) groups excluding carboxylic acids is 1. The van der Waals surface area contributed by atoms with Crippen LogP contribution in [-0.4, -0.2) is 26.1 Å². The van der Waals surface area contributed by atoms with Crippen LogP contribution < -0.4 is 10.6 Å². The second-order valence-electron chi connectivity index (χ2n) is 6.66. The monoisotopic (exact) mass is 430 g/mol. The molecule has 3 aromatic heterocycles. The van der Waals surface area contributed by atoms with Crippen molar-refractivity contribution in [2.24, 2.45) is 0 Å². The number of nitrogens with zero attached hydrogens (tertiary/aromatic N) is 3. The Morgan fingerprint density at radius 2 is 1.94 bits per heavy atom. The van der Waals surface area contributed by atoms with E-state index in [0.29, 0.717) is 5.69 Å². The molecular weight excluding hydrogens is 416 g/mol. The molecular formula is C20H14F4N6O. The van der Waals surface area contributed by atoms with E-state index in [1.807, 2.05) is 6.92 Å². The van der Waals surface area contributed by atoms with Gasteiger partial charge in [-0.25, -0.2) is 9.97 Å². The van der Waals surface area contributed by atoms with Gasteiger partial charge in [-0.1, -0.05) is 0 Å². The molecule has 3 N–H and O–H groups in total. The second kappa shape index (κ2) is 7.67. The predicted octanol–water partition coefficient (Wildman–Crippen LogP) is 4.82. The van der Waals surface area contributed by atoms with Gasteiger partial charge in [0.2, 0.25) is 5.95 Å². The number of rotatable bonds is 4. The Hall–Kier alpha value is -4.02. The van der Waals surface area contributed by atoms with E-state index in [4.69, 9.17) is 0 Å². The maximum Gasteiger partial charge on any atom is 0.433 e. The van der Waals surface area contributed by atoms with E-state index in [9.17, 15) is 22.4 Å². The number of benzene rings is 1. The third-order valence-corrected chi connectivity index (χ3v) is 4.43. The summed E-state index contributed by atoms with van der Waals surface area (Å²) < 4.78 is 52.9. The molecule has 0 spiro atoms. The number of fused-ring (bicyclic) bond motifs is 1. The molecule has 0 atom stereocenters. The average molecular weight is 430 g/mol. The van der Waals surface area contributed by atoms with E-state index in [2.05, 4.69) is 30.8 Å². The Balaban J connectivity index is 1.72. The number of H-pyrrole nitrogens is 1. The largest absolute Gasteiger partial charge is 0.433 e. The Morgan fingerprint density at radius 3 is 2.68 bits per heavy atom. The number of alkyl halides is 3. The lowest BCUT2D eigenvalue weighted by Gasteiger charge is -2.15. The van der Waals surface area contributed by atoms with Gasteiger partial charge in [-0.3, -0.25) is 9.89 Å². The molecule has 0 fully saturated rings. The average Bonchev–Trinajstić information content (AvgIpc) is 3.17. The van der Waals surface area contributed by atoms with E-state index in [0.717, 1.165) is 40.9 Å². The third-order valence-electron chi connectivity index (χ3n) is 4.43. The molecule has 7 nitrogen and oxygen atoms in total. The molecule has 1 aromatic carbocycles. The zero-order valence-electron chi connectivity index (χ0n) is 15.9. The highest BCUT2D eigenvalue weighted by Gasteiger charge is 2.33. The van der Waals surface area contributed by atoms with Crippen LogP contribution in [-0.2, 0) is 6.18 Å². The number of pyridine rings is 2. The number of anilines is 3. The van der Waals surface area contributed by atoms with Crippen molar-refractivity contribution in [2.45, 2.75) is 13.1 Å². The molecule has 0 saturated carbocycles. The van der Waals surface area contributed by atoms with Gasteiger partial charge in [0.15, 0.2) is 5.82 Å². The van der Waals surface area contributed by atoms with Gasteiger partial charge in [0.1, 0.15) is 5.69 Å². The lowest BCUT2D eigenvalue weighted by Crippen LogP contribution is -2.16. The van der Waals surface area contributed by atoms with Crippen LogP contribution >= 0.6 is 0 Å². The minimum Gasteiger partial charge on any atom is -0.338 e. The molecule has 0 radical (unpaired) electrons. The summed E-state index contributed by atoms with van der Waals surface area (Å²) in [6.45, 7) is 1.81. The summed E-state index contributed by atoms with van der Waals surface area (Å²) in [5.74, 6) is -1.81. The molecule has 158 valence electrons. The molecule has 4 aromatic rings. The van der Waals surface area contributed by atoms with Crippen molar-refractivity contribution >= 4 is 34.0 Å². The van der Waals surface area contributed by atoms with E-state index in [1.165, 1.54) is 6.07 Å². The van der Waals surface area contributed by atoms with Crippen LogP contribution in [0, 0.1) is 12.9 Å². The molecule has 0 aliphatic carbocycles. The summed E-state index contributed by atoms with van der Waals surface area (Å²) >= 11 is 0. The standard InChI is InChI=1S/C20H14F4N6O/c1-10-6-13(7-12-9-26-30-17(10)12)27-18-14(2-3-15(29-18)20(22,23)24)28-19(31)11-4-5-25-16(21)8-11/h2-9H,1H3,(H,26,30)(H,27,29)(H,28,31). The summed E-state index contributed by atoms with van der Waals surface area (Å²) in [6, 6.07) is 7.40. The number of halogens is 4. The molecule has 0 aliphatic rings. The van der Waals surface area contributed by atoms with Crippen LogP contribution in [0.15, 0.2) is 48.8 Å². The van der Waals surface area contributed by atoms with Crippen molar-refractivity contribution in [3.05, 3.63) is 71.6 Å². The number of hydrogen-bond acceptors (Lipinski definition) is 5. The SMILES string of the molecule is Cc1cc(Nc2nc(C(F)(F)F)ccc2NC(=O)c2ccnc(F)c2)cc2cn[nH]c12. The minimum absolute atomic E-state index is 0.0137. The van der Waals surface area contributed by atoms with Crippen LogP contribution in [0.5, 0.6) is 0 Å². The number of hydrogen-bond donors (Lipinski definition) is 3. The lowest BCUT2D eigenvalue weighted by molar-refractivity contribution is -0.141. The molecule has 1 amide bonds. The number of carbonyl (C=O) groups is 1. The Kier molecular flexibility index (Phi) is 5.01. The van der Waals surface area contributed by atoms with Crippen molar-refractivity contribution in [1.29, 1.82) is 0 Å². The normalized spacial score (nSPS) is 11.5. The fourth-order valence-electron chi connectivity index (χ4n) is 3.00. The molecule has 11 heteroatoms. The first kappa shape index (κ1) is 20.3. The molecule has 0 bridgehead atoms. The van der Waals surface area contributed by atoms with Gasteiger partial charge in [-0.2, -0.15) is 22.7 Å². The second-order valence-corrected chi connectivity index (χ2v) is 6.66. The van der Waals surface area contributed by atoms with Crippen molar-refractivity contribution < 1.29 is 22.4 Å². The highest BCUT2D eigenvalue weighted by molar-refractivity contribution is 6.05. The Bertz CT molecular complexity index is 1280. The topological polar surface area (TPSA) is 95.6 Å². The Labute approximate surface area is 172 Å². The van der Waals surface area contributed by atoms with E-state index >= 15 is 0 Å². The zero-order chi connectivity index (χ0) is 22.2. The van der Waals surface area contributed by atoms with Crippen LogP contribution in [0.1, 0.15) is 21.6 Å². The summed E-state index contributed by atoms with van der Waals surface area (Å²) in [5.41, 5.74) is 0.847. The molecule has 31 heavy (non-hydrogen) atoms. The zero-order valence-corrected chi connectivity index (χ0v) is 15.9. The molecule has 3 heterocycles. The van der Waals surface area contributed by atoms with E-state index in [-0.39, 0.29) is 17.1 Å². The first-order valence-electron chi connectivity index (χ1n) is 8.92. The maximum absolute atomic E-state index is 13.3. The van der Waals surface area contributed by atoms with E-state index < -0.39 is 23.7 Å². The maximum atomic E-state index is 13.3. The molecule has 4 rings (SSSR count). The number of aryl methyl sites for hydroxylation is 1. The van der Waals surface area contributed by atoms with Crippen molar-refractivity contribution in [2.75, 3.05) is 10.6 Å². The van der Waals surface area contributed by atoms with Crippen molar-refractivity contribution in [3.8, 4) is 0 Å². The highest BCUT2D eigenvalue weighted by Crippen LogP contribution is 2.33. The number of amides is 1. The van der Waals surface area contributed by atoms with Gasteiger partial charge in [-0.15, -0.1) is 0 Å². The van der Waals surface area contributed by atoms with Gasteiger partial charge in [0.05, 0.1) is 17.4 Å². The van der Waals surface area contributed by atoms with Crippen LogP contribution in [0.2, 0.25) is 0 Å². The molecule has 0 saturated heterocycles. The van der Waals surface area contributed by atoms with Crippen LogP contribution in [0.25, 0.3) is 10.9 Å². The first-order chi connectivity index (χ1) is 14.7. The van der Waals surface area contributed by atoms with E-state index in [1.54, 1.807) is 18.3 Å². The Morgan fingerprint density at radius 1 is 1.13 bits per heavy atom. The summed E-state index contributed by atoms with van der Waals surface area (Å²) in [4.78, 5) is 19.5. The lowest BCUT2D eigenvalue weighted by atomic mass is 10.1. The predicted molar refractivity (Wildman–Crippen MR) is 106 cm³/mol. The van der Waals surface area contributed by atoms with Crippen LogP contribution in [0.4, 0.5) is 34.8 Å². The van der Waals surface area contributed by atoms with Crippen molar-refractivity contribution in [3.63, 3.8) is 0 Å². The summed E-state index contributed by atoms with van der Waals surface area (Å²) in [7, 11) is 0. The smallest absolute Gasteiger partial charge is 0.338 e. The van der Waals surface area contributed by atoms with Gasteiger partial charge in [0, 0.05) is 28.9 Å². The fraction of sp³-hybridized carbons (Fsp3) is 0.100. The van der Waals surface area contributed by atoms with Crippen LogP contribution in [0.3, 0.4) is 0 Å². The molecule has 0 unspecified atom stereocenters. The van der Waals surface area contributed by atoms with Gasteiger partial charge >= 0.3 is 6.18 Å². The fourth-order valence-corrected chi connectivity index (χ4v) is 3.00.